The van der Waals surface area contributed by atoms with Crippen LogP contribution < -0.4 is 15.4 Å². The smallest absolute Gasteiger partial charge is 0.241 e. The number of benzene rings is 1. The maximum absolute atomic E-state index is 11.9. The van der Waals surface area contributed by atoms with E-state index in [-0.39, 0.29) is 11.9 Å². The number of carbonyl (C=O) groups is 1. The van der Waals surface area contributed by atoms with Crippen molar-refractivity contribution in [2.24, 2.45) is 0 Å². The SMILES string of the molecule is COc1ccc(NC(=O)[C@@H]2CCCN2)c(C)c1. The van der Waals surface area contributed by atoms with Crippen molar-refractivity contribution in [1.82, 2.24) is 5.32 Å². The van der Waals surface area contributed by atoms with Crippen LogP contribution in [0.15, 0.2) is 18.2 Å². The molecule has 1 aliphatic heterocycles. The molecule has 0 bridgehead atoms. The van der Waals surface area contributed by atoms with Crippen molar-refractivity contribution < 1.29 is 9.53 Å². The highest BCUT2D eigenvalue weighted by molar-refractivity contribution is 5.95. The Bertz CT molecular complexity index is 412. The molecule has 4 nitrogen and oxygen atoms in total. The predicted octanol–water partition coefficient (Wildman–Crippen LogP) is 1.69. The van der Waals surface area contributed by atoms with Crippen LogP contribution in [0.5, 0.6) is 5.75 Å². The fourth-order valence-electron chi connectivity index (χ4n) is 2.03. The zero-order valence-electron chi connectivity index (χ0n) is 10.2. The standard InChI is InChI=1S/C13H18N2O2/c1-9-8-10(17-2)5-6-11(9)15-13(16)12-4-3-7-14-12/h5-6,8,12,14H,3-4,7H2,1-2H3,(H,15,16)/t12-/m0/s1. The summed E-state index contributed by atoms with van der Waals surface area (Å²) in [4.78, 5) is 11.9. The van der Waals surface area contributed by atoms with E-state index in [1.54, 1.807) is 7.11 Å². The Morgan fingerprint density at radius 2 is 2.35 bits per heavy atom. The molecule has 0 unspecified atom stereocenters. The molecule has 0 aliphatic carbocycles. The molecule has 1 aromatic carbocycles. The predicted molar refractivity (Wildman–Crippen MR) is 67.4 cm³/mol. The summed E-state index contributed by atoms with van der Waals surface area (Å²) in [6.07, 6.45) is 1.99. The first-order chi connectivity index (χ1) is 8.20. The van der Waals surface area contributed by atoms with Crippen LogP contribution in [-0.4, -0.2) is 25.6 Å². The van der Waals surface area contributed by atoms with Crippen molar-refractivity contribution in [3.05, 3.63) is 23.8 Å². The molecule has 92 valence electrons. The summed E-state index contributed by atoms with van der Waals surface area (Å²) >= 11 is 0. The first-order valence-corrected chi connectivity index (χ1v) is 5.89. The highest BCUT2D eigenvalue weighted by Gasteiger charge is 2.22. The molecule has 0 aromatic heterocycles. The molecular formula is C13H18N2O2. The highest BCUT2D eigenvalue weighted by Crippen LogP contribution is 2.21. The number of ether oxygens (including phenoxy) is 1. The van der Waals surface area contributed by atoms with Gasteiger partial charge in [0.25, 0.3) is 0 Å². The lowest BCUT2D eigenvalue weighted by molar-refractivity contribution is -0.117. The third-order valence-corrected chi connectivity index (χ3v) is 3.07. The van der Waals surface area contributed by atoms with Crippen LogP contribution in [0.1, 0.15) is 18.4 Å². The van der Waals surface area contributed by atoms with E-state index in [9.17, 15) is 4.79 Å². The molecule has 0 spiro atoms. The van der Waals surface area contributed by atoms with Gasteiger partial charge in [-0.05, 0) is 50.1 Å². The van der Waals surface area contributed by atoms with Gasteiger partial charge in [0, 0.05) is 5.69 Å². The number of carbonyl (C=O) groups excluding carboxylic acids is 1. The summed E-state index contributed by atoms with van der Waals surface area (Å²) < 4.78 is 5.13. The highest BCUT2D eigenvalue weighted by atomic mass is 16.5. The molecule has 1 saturated heterocycles. The second-order valence-electron chi connectivity index (χ2n) is 4.32. The molecular weight excluding hydrogens is 216 g/mol. The van der Waals surface area contributed by atoms with E-state index in [0.717, 1.165) is 36.4 Å². The van der Waals surface area contributed by atoms with Gasteiger partial charge in [-0.25, -0.2) is 0 Å². The van der Waals surface area contributed by atoms with Gasteiger partial charge >= 0.3 is 0 Å². The average molecular weight is 234 g/mol. The third kappa shape index (κ3) is 2.77. The van der Waals surface area contributed by atoms with Crippen LogP contribution in [0.2, 0.25) is 0 Å². The van der Waals surface area contributed by atoms with Crippen molar-refractivity contribution in [2.45, 2.75) is 25.8 Å². The lowest BCUT2D eigenvalue weighted by atomic mass is 10.1. The Balaban J connectivity index is 2.05. The van der Waals surface area contributed by atoms with E-state index < -0.39 is 0 Å². The third-order valence-electron chi connectivity index (χ3n) is 3.07. The van der Waals surface area contributed by atoms with E-state index in [4.69, 9.17) is 4.74 Å². The number of hydrogen-bond donors (Lipinski definition) is 2. The van der Waals surface area contributed by atoms with Crippen molar-refractivity contribution >= 4 is 11.6 Å². The normalized spacial score (nSPS) is 19.1. The summed E-state index contributed by atoms with van der Waals surface area (Å²) in [6, 6.07) is 5.60. The quantitative estimate of drug-likeness (QED) is 0.837. The molecule has 1 heterocycles. The Kier molecular flexibility index (Phi) is 3.64. The molecule has 1 aromatic rings. The van der Waals surface area contributed by atoms with Gasteiger partial charge in [-0.15, -0.1) is 0 Å². The topological polar surface area (TPSA) is 50.4 Å². The lowest BCUT2D eigenvalue weighted by Gasteiger charge is -2.13. The molecule has 17 heavy (non-hydrogen) atoms. The van der Waals surface area contributed by atoms with Crippen molar-refractivity contribution in [1.29, 1.82) is 0 Å². The number of methoxy groups -OCH3 is 1. The number of nitrogens with one attached hydrogen (secondary N) is 2. The van der Waals surface area contributed by atoms with Gasteiger partial charge in [-0.2, -0.15) is 0 Å². The van der Waals surface area contributed by atoms with Crippen LogP contribution in [-0.2, 0) is 4.79 Å². The van der Waals surface area contributed by atoms with Crippen molar-refractivity contribution in [3.8, 4) is 5.75 Å². The summed E-state index contributed by atoms with van der Waals surface area (Å²) in [5.41, 5.74) is 1.86. The first-order valence-electron chi connectivity index (χ1n) is 5.89. The van der Waals surface area contributed by atoms with Crippen LogP contribution in [0.3, 0.4) is 0 Å². The number of rotatable bonds is 3. The zero-order chi connectivity index (χ0) is 12.3. The minimum atomic E-state index is -0.0449. The Labute approximate surface area is 101 Å². The fraction of sp³-hybridized carbons (Fsp3) is 0.462. The minimum Gasteiger partial charge on any atom is -0.497 e. The molecule has 1 fully saturated rings. The summed E-state index contributed by atoms with van der Waals surface area (Å²) in [6.45, 7) is 2.89. The van der Waals surface area contributed by atoms with Gasteiger partial charge < -0.3 is 15.4 Å². The zero-order valence-corrected chi connectivity index (χ0v) is 10.2. The van der Waals surface area contributed by atoms with E-state index in [0.29, 0.717) is 0 Å². The molecule has 1 aliphatic rings. The maximum atomic E-state index is 11.9. The van der Waals surface area contributed by atoms with Crippen LogP contribution in [0, 0.1) is 6.92 Å². The van der Waals surface area contributed by atoms with Crippen LogP contribution in [0.4, 0.5) is 5.69 Å². The van der Waals surface area contributed by atoms with Gasteiger partial charge in [-0.3, -0.25) is 4.79 Å². The lowest BCUT2D eigenvalue weighted by Crippen LogP contribution is -2.35. The fourth-order valence-corrected chi connectivity index (χ4v) is 2.03. The Morgan fingerprint density at radius 1 is 1.53 bits per heavy atom. The van der Waals surface area contributed by atoms with Gasteiger partial charge in [0.1, 0.15) is 5.75 Å². The maximum Gasteiger partial charge on any atom is 0.241 e. The second kappa shape index (κ2) is 5.19. The minimum absolute atomic E-state index is 0.0449. The average Bonchev–Trinajstić information content (AvgIpc) is 2.85. The summed E-state index contributed by atoms with van der Waals surface area (Å²) in [7, 11) is 1.63. The molecule has 0 saturated carbocycles. The van der Waals surface area contributed by atoms with Gasteiger partial charge in [0.2, 0.25) is 5.91 Å². The van der Waals surface area contributed by atoms with Gasteiger partial charge in [-0.1, -0.05) is 0 Å². The first kappa shape index (κ1) is 11.9. The van der Waals surface area contributed by atoms with Gasteiger partial charge in [0.05, 0.1) is 13.2 Å². The van der Waals surface area contributed by atoms with Crippen LogP contribution in [0.25, 0.3) is 0 Å². The number of hydrogen-bond acceptors (Lipinski definition) is 3. The van der Waals surface area contributed by atoms with Crippen molar-refractivity contribution in [3.63, 3.8) is 0 Å². The number of amides is 1. The molecule has 1 amide bonds. The second-order valence-corrected chi connectivity index (χ2v) is 4.32. The van der Waals surface area contributed by atoms with E-state index >= 15 is 0 Å². The van der Waals surface area contributed by atoms with E-state index in [1.165, 1.54) is 0 Å². The summed E-state index contributed by atoms with van der Waals surface area (Å²) in [5, 5.41) is 6.13. The van der Waals surface area contributed by atoms with Crippen molar-refractivity contribution in [2.75, 3.05) is 19.0 Å². The van der Waals surface area contributed by atoms with E-state index in [2.05, 4.69) is 10.6 Å². The van der Waals surface area contributed by atoms with Gasteiger partial charge in [0.15, 0.2) is 0 Å². The molecule has 2 rings (SSSR count). The Hall–Kier alpha value is -1.55. The number of anilines is 1. The molecule has 0 radical (unpaired) electrons. The van der Waals surface area contributed by atoms with Crippen LogP contribution >= 0.6 is 0 Å². The monoisotopic (exact) mass is 234 g/mol. The summed E-state index contributed by atoms with van der Waals surface area (Å²) in [5.74, 6) is 0.857. The molecule has 1 atom stereocenters. The number of aryl methyl sites for hydroxylation is 1. The molecule has 4 heteroatoms. The molecule has 2 N–H and O–H groups in total. The largest absolute Gasteiger partial charge is 0.497 e. The van der Waals surface area contributed by atoms with E-state index in [1.807, 2.05) is 25.1 Å². The Morgan fingerprint density at radius 3 is 2.94 bits per heavy atom.